The first-order valence-electron chi connectivity index (χ1n) is 5.74. The number of sulfonamides is 1. The number of hydrogen-bond acceptors (Lipinski definition) is 3. The molecule has 0 aliphatic rings. The maximum absolute atomic E-state index is 13.3. The van der Waals surface area contributed by atoms with Crippen LogP contribution in [0.2, 0.25) is 0 Å². The van der Waals surface area contributed by atoms with Crippen molar-refractivity contribution in [3.8, 4) is 0 Å². The van der Waals surface area contributed by atoms with Crippen molar-refractivity contribution < 1.29 is 12.8 Å². The van der Waals surface area contributed by atoms with Gasteiger partial charge in [0.25, 0.3) is 0 Å². The molecule has 1 aromatic rings. The Hall–Kier alpha value is -0.980. The highest BCUT2D eigenvalue weighted by molar-refractivity contribution is 7.89. The van der Waals surface area contributed by atoms with Crippen LogP contribution in [0.1, 0.15) is 19.4 Å². The predicted octanol–water partition coefficient (Wildman–Crippen LogP) is 1.56. The maximum atomic E-state index is 13.3. The highest BCUT2D eigenvalue weighted by Gasteiger charge is 2.22. The van der Waals surface area contributed by atoms with Crippen LogP contribution in [0.3, 0.4) is 0 Å². The van der Waals surface area contributed by atoms with Gasteiger partial charge in [0.05, 0.1) is 4.90 Å². The summed E-state index contributed by atoms with van der Waals surface area (Å²) in [7, 11) is -2.06. The van der Waals surface area contributed by atoms with Crippen LogP contribution in [0.5, 0.6) is 0 Å². The molecule has 0 bridgehead atoms. The molecule has 0 amide bonds. The van der Waals surface area contributed by atoms with Gasteiger partial charge >= 0.3 is 0 Å². The van der Waals surface area contributed by atoms with Gasteiger partial charge in [0.2, 0.25) is 10.0 Å². The Morgan fingerprint density at radius 3 is 2.50 bits per heavy atom. The molecule has 0 saturated heterocycles. The van der Waals surface area contributed by atoms with E-state index in [1.54, 1.807) is 0 Å². The second kappa shape index (κ2) is 5.77. The molecule has 0 aliphatic heterocycles. The molecule has 102 valence electrons. The summed E-state index contributed by atoms with van der Waals surface area (Å²) < 4.78 is 39.0. The zero-order valence-electron chi connectivity index (χ0n) is 10.9. The smallest absolute Gasteiger partial charge is 0.242 e. The van der Waals surface area contributed by atoms with E-state index in [1.165, 1.54) is 23.5 Å². The van der Waals surface area contributed by atoms with Gasteiger partial charge in [-0.15, -0.1) is 0 Å². The van der Waals surface area contributed by atoms with Gasteiger partial charge in [-0.1, -0.05) is 13.8 Å². The minimum absolute atomic E-state index is 0.0247. The molecule has 0 unspecified atom stereocenters. The lowest BCUT2D eigenvalue weighted by atomic mass is 10.2. The Kier molecular flexibility index (Phi) is 4.84. The first-order chi connectivity index (χ1) is 8.28. The zero-order valence-corrected chi connectivity index (χ0v) is 11.7. The third-order valence-corrected chi connectivity index (χ3v) is 4.39. The van der Waals surface area contributed by atoms with Crippen LogP contribution in [-0.4, -0.2) is 26.3 Å². The van der Waals surface area contributed by atoms with Gasteiger partial charge in [-0.05, 0) is 24.1 Å². The third kappa shape index (κ3) is 3.28. The van der Waals surface area contributed by atoms with Gasteiger partial charge in [0, 0.05) is 25.7 Å². The van der Waals surface area contributed by atoms with Gasteiger partial charge < -0.3 is 5.73 Å². The molecule has 0 atom stereocenters. The first-order valence-corrected chi connectivity index (χ1v) is 7.18. The van der Waals surface area contributed by atoms with Crippen molar-refractivity contribution in [3.05, 3.63) is 29.6 Å². The third-order valence-electron chi connectivity index (χ3n) is 2.57. The Morgan fingerprint density at radius 1 is 1.39 bits per heavy atom. The summed E-state index contributed by atoms with van der Waals surface area (Å²) in [4.78, 5) is 0.0764. The Morgan fingerprint density at radius 2 is 2.00 bits per heavy atom. The Bertz CT molecular complexity index is 515. The van der Waals surface area contributed by atoms with E-state index in [9.17, 15) is 12.8 Å². The summed E-state index contributed by atoms with van der Waals surface area (Å²) in [6.45, 7) is 4.25. The van der Waals surface area contributed by atoms with Gasteiger partial charge in [-0.25, -0.2) is 17.1 Å². The van der Waals surface area contributed by atoms with Gasteiger partial charge in [-0.3, -0.25) is 0 Å². The summed E-state index contributed by atoms with van der Waals surface area (Å²) in [5.41, 5.74) is 5.57. The van der Waals surface area contributed by atoms with Crippen molar-refractivity contribution in [1.82, 2.24) is 4.31 Å². The Labute approximate surface area is 108 Å². The molecule has 0 heterocycles. The van der Waals surface area contributed by atoms with Crippen LogP contribution in [0, 0.1) is 11.7 Å². The van der Waals surface area contributed by atoms with E-state index in [0.29, 0.717) is 6.54 Å². The molecule has 0 aliphatic carbocycles. The molecule has 6 heteroatoms. The van der Waals surface area contributed by atoms with E-state index in [4.69, 9.17) is 5.73 Å². The predicted molar refractivity (Wildman–Crippen MR) is 68.9 cm³/mol. The summed E-state index contributed by atoms with van der Waals surface area (Å²) in [5.74, 6) is -0.262. The fraction of sp³-hybridized carbons (Fsp3) is 0.500. The fourth-order valence-corrected chi connectivity index (χ4v) is 3.05. The monoisotopic (exact) mass is 274 g/mol. The second-order valence-corrected chi connectivity index (χ2v) is 6.68. The van der Waals surface area contributed by atoms with E-state index in [-0.39, 0.29) is 22.9 Å². The van der Waals surface area contributed by atoms with E-state index >= 15 is 0 Å². The average molecular weight is 274 g/mol. The molecule has 0 saturated carbocycles. The highest BCUT2D eigenvalue weighted by atomic mass is 32.2. The lowest BCUT2D eigenvalue weighted by molar-refractivity contribution is 0.417. The number of nitrogens with two attached hydrogens (primary N) is 1. The molecule has 0 radical (unpaired) electrons. The van der Waals surface area contributed by atoms with Crippen molar-refractivity contribution in [2.24, 2.45) is 11.7 Å². The summed E-state index contributed by atoms with van der Waals surface area (Å²) >= 11 is 0. The molecular formula is C12H19FN2O2S. The molecule has 18 heavy (non-hydrogen) atoms. The normalized spacial score (nSPS) is 12.4. The molecule has 0 spiro atoms. The topological polar surface area (TPSA) is 63.4 Å². The highest BCUT2D eigenvalue weighted by Crippen LogP contribution is 2.18. The summed E-state index contributed by atoms with van der Waals surface area (Å²) in [6.07, 6.45) is 0. The number of hydrogen-bond donors (Lipinski definition) is 1. The largest absolute Gasteiger partial charge is 0.326 e. The van der Waals surface area contributed by atoms with Crippen molar-refractivity contribution in [1.29, 1.82) is 0 Å². The minimum Gasteiger partial charge on any atom is -0.326 e. The number of rotatable bonds is 5. The van der Waals surface area contributed by atoms with Gasteiger partial charge in [-0.2, -0.15) is 0 Å². The van der Waals surface area contributed by atoms with E-state index in [0.717, 1.165) is 6.07 Å². The SMILES string of the molecule is CC(C)CN(C)S(=O)(=O)c1ccc(F)c(CN)c1. The van der Waals surface area contributed by atoms with Crippen LogP contribution in [0.4, 0.5) is 4.39 Å². The average Bonchev–Trinajstić information content (AvgIpc) is 2.28. The van der Waals surface area contributed by atoms with Gasteiger partial charge in [0.15, 0.2) is 0 Å². The minimum atomic E-state index is -3.57. The van der Waals surface area contributed by atoms with Crippen LogP contribution in [0.15, 0.2) is 23.1 Å². The molecule has 1 aromatic carbocycles. The number of nitrogens with zero attached hydrogens (tertiary/aromatic N) is 1. The van der Waals surface area contributed by atoms with Crippen LogP contribution >= 0.6 is 0 Å². The quantitative estimate of drug-likeness (QED) is 0.886. The van der Waals surface area contributed by atoms with Crippen molar-refractivity contribution in [2.75, 3.05) is 13.6 Å². The lowest BCUT2D eigenvalue weighted by Crippen LogP contribution is -2.30. The summed E-state index contributed by atoms with van der Waals surface area (Å²) in [6, 6.07) is 3.69. The van der Waals surface area contributed by atoms with Crippen molar-refractivity contribution in [3.63, 3.8) is 0 Å². The molecule has 2 N–H and O–H groups in total. The molecule has 0 aromatic heterocycles. The molecular weight excluding hydrogens is 255 g/mol. The molecule has 1 rings (SSSR count). The van der Waals surface area contributed by atoms with Crippen molar-refractivity contribution >= 4 is 10.0 Å². The van der Waals surface area contributed by atoms with E-state index < -0.39 is 15.8 Å². The second-order valence-electron chi connectivity index (χ2n) is 4.64. The fourth-order valence-electron chi connectivity index (χ4n) is 1.66. The van der Waals surface area contributed by atoms with E-state index in [2.05, 4.69) is 0 Å². The Balaban J connectivity index is 3.12. The number of benzene rings is 1. The van der Waals surface area contributed by atoms with Crippen LogP contribution < -0.4 is 5.73 Å². The van der Waals surface area contributed by atoms with Gasteiger partial charge in [0.1, 0.15) is 5.82 Å². The molecule has 4 nitrogen and oxygen atoms in total. The maximum Gasteiger partial charge on any atom is 0.242 e. The van der Waals surface area contributed by atoms with Crippen LogP contribution in [-0.2, 0) is 16.6 Å². The standard InChI is InChI=1S/C12H19FN2O2S/c1-9(2)8-15(3)18(16,17)11-4-5-12(13)10(6-11)7-14/h4-6,9H,7-8,14H2,1-3H3. The van der Waals surface area contributed by atoms with E-state index in [1.807, 2.05) is 13.8 Å². The first kappa shape index (κ1) is 15.1. The number of halogens is 1. The lowest BCUT2D eigenvalue weighted by Gasteiger charge is -2.19. The summed E-state index contributed by atoms with van der Waals surface area (Å²) in [5, 5.41) is 0. The molecule has 0 fully saturated rings. The van der Waals surface area contributed by atoms with Crippen molar-refractivity contribution in [2.45, 2.75) is 25.3 Å². The zero-order chi connectivity index (χ0) is 13.9. The van der Waals surface area contributed by atoms with Crippen LogP contribution in [0.25, 0.3) is 0 Å².